The third-order valence-corrected chi connectivity index (χ3v) is 2.25. The van der Waals surface area contributed by atoms with Crippen molar-refractivity contribution in [3.63, 3.8) is 0 Å². The van der Waals surface area contributed by atoms with E-state index in [0.717, 1.165) is 5.56 Å². The molecule has 0 aliphatic heterocycles. The zero-order chi connectivity index (χ0) is 12.7. The Morgan fingerprint density at radius 2 is 2.00 bits per heavy atom. The first kappa shape index (κ1) is 13.5. The molecule has 0 heterocycles. The number of methoxy groups -OCH3 is 1. The quantitative estimate of drug-likeness (QED) is 0.733. The Kier molecular flexibility index (Phi) is 5.45. The highest BCUT2D eigenvalue weighted by molar-refractivity contribution is 5.70. The first-order valence-electron chi connectivity index (χ1n) is 5.23. The topological polar surface area (TPSA) is 76.0 Å². The van der Waals surface area contributed by atoms with Gasteiger partial charge in [-0.15, -0.1) is 0 Å². The molecule has 0 amide bonds. The van der Waals surface area contributed by atoms with Gasteiger partial charge in [0, 0.05) is 7.11 Å². The molecule has 5 nitrogen and oxygen atoms in total. The highest BCUT2D eigenvalue weighted by Gasteiger charge is 2.06. The van der Waals surface area contributed by atoms with Crippen LogP contribution in [0.4, 0.5) is 0 Å². The Bertz CT molecular complexity index is 342. The van der Waals surface area contributed by atoms with Gasteiger partial charge in [-0.25, -0.2) is 0 Å². The van der Waals surface area contributed by atoms with Crippen molar-refractivity contribution in [2.24, 2.45) is 0 Å². The van der Waals surface area contributed by atoms with Gasteiger partial charge in [-0.1, -0.05) is 12.1 Å². The summed E-state index contributed by atoms with van der Waals surface area (Å²) in [7, 11) is 1.50. The Balaban J connectivity index is 2.47. The summed E-state index contributed by atoms with van der Waals surface area (Å²) in [5, 5.41) is 17.5. The highest BCUT2D eigenvalue weighted by atomic mass is 16.5. The lowest BCUT2D eigenvalue weighted by Crippen LogP contribution is -2.24. The van der Waals surface area contributed by atoms with E-state index in [1.54, 1.807) is 24.3 Å². The average molecular weight is 240 g/mol. The lowest BCUT2D eigenvalue weighted by Gasteiger charge is -2.13. The summed E-state index contributed by atoms with van der Waals surface area (Å²) >= 11 is 0. The number of carboxylic acids is 1. The second-order valence-electron chi connectivity index (χ2n) is 3.57. The third kappa shape index (κ3) is 4.84. The van der Waals surface area contributed by atoms with Gasteiger partial charge >= 0.3 is 5.97 Å². The van der Waals surface area contributed by atoms with Crippen molar-refractivity contribution in [1.82, 2.24) is 0 Å². The largest absolute Gasteiger partial charge is 0.491 e. The van der Waals surface area contributed by atoms with Crippen LogP contribution in [0.3, 0.4) is 0 Å². The van der Waals surface area contributed by atoms with Crippen molar-refractivity contribution < 1.29 is 24.5 Å². The number of carboxylic acid groups (broad SMARTS) is 1. The zero-order valence-corrected chi connectivity index (χ0v) is 9.63. The van der Waals surface area contributed by atoms with Crippen molar-refractivity contribution in [3.05, 3.63) is 29.8 Å². The first-order chi connectivity index (χ1) is 8.15. The monoisotopic (exact) mass is 240 g/mol. The van der Waals surface area contributed by atoms with Crippen LogP contribution >= 0.6 is 0 Å². The molecule has 94 valence electrons. The molecule has 1 unspecified atom stereocenters. The van der Waals surface area contributed by atoms with E-state index in [-0.39, 0.29) is 25.7 Å². The normalized spacial score (nSPS) is 12.1. The molecule has 0 bridgehead atoms. The average Bonchev–Trinajstić information content (AvgIpc) is 2.32. The maximum atomic E-state index is 10.5. The molecule has 1 atom stereocenters. The maximum absolute atomic E-state index is 10.5. The maximum Gasteiger partial charge on any atom is 0.307 e. The van der Waals surface area contributed by atoms with E-state index >= 15 is 0 Å². The second kappa shape index (κ2) is 6.88. The lowest BCUT2D eigenvalue weighted by molar-refractivity contribution is -0.136. The van der Waals surface area contributed by atoms with E-state index in [4.69, 9.17) is 19.7 Å². The molecule has 0 saturated heterocycles. The zero-order valence-electron chi connectivity index (χ0n) is 9.63. The van der Waals surface area contributed by atoms with Crippen molar-refractivity contribution in [3.8, 4) is 5.75 Å². The molecule has 0 radical (unpaired) electrons. The van der Waals surface area contributed by atoms with Crippen molar-refractivity contribution >= 4 is 5.97 Å². The fourth-order valence-corrected chi connectivity index (χ4v) is 1.26. The smallest absolute Gasteiger partial charge is 0.307 e. The third-order valence-electron chi connectivity index (χ3n) is 2.25. The number of aliphatic carboxylic acids is 1. The van der Waals surface area contributed by atoms with Crippen LogP contribution in [0, 0.1) is 0 Å². The molecule has 0 fully saturated rings. The van der Waals surface area contributed by atoms with E-state index in [1.165, 1.54) is 7.11 Å². The van der Waals surface area contributed by atoms with Gasteiger partial charge < -0.3 is 19.7 Å². The van der Waals surface area contributed by atoms with Crippen LogP contribution in [-0.2, 0) is 16.0 Å². The molecule has 1 rings (SSSR count). The molecular weight excluding hydrogens is 224 g/mol. The van der Waals surface area contributed by atoms with Gasteiger partial charge in [-0.05, 0) is 17.7 Å². The Labute approximate surface area is 99.6 Å². The standard InChI is InChI=1S/C12H16O5/c1-16-11(7-13)8-17-10-4-2-9(3-5-10)6-12(14)15/h2-5,11,13H,6-8H2,1H3,(H,14,15). The lowest BCUT2D eigenvalue weighted by atomic mass is 10.1. The van der Waals surface area contributed by atoms with Crippen LogP contribution in [0.15, 0.2) is 24.3 Å². The molecular formula is C12H16O5. The molecule has 17 heavy (non-hydrogen) atoms. The van der Waals surface area contributed by atoms with Gasteiger partial charge in [-0.3, -0.25) is 4.79 Å². The summed E-state index contributed by atoms with van der Waals surface area (Å²) in [5.74, 6) is -0.243. The van der Waals surface area contributed by atoms with Crippen molar-refractivity contribution in [2.45, 2.75) is 12.5 Å². The van der Waals surface area contributed by atoms with E-state index in [9.17, 15) is 4.79 Å². The Morgan fingerprint density at radius 3 is 2.47 bits per heavy atom. The molecule has 0 spiro atoms. The van der Waals surface area contributed by atoms with Crippen LogP contribution in [0.25, 0.3) is 0 Å². The van der Waals surface area contributed by atoms with Gasteiger partial charge in [0.05, 0.1) is 13.0 Å². The van der Waals surface area contributed by atoms with Crippen LogP contribution in [-0.4, -0.2) is 42.6 Å². The van der Waals surface area contributed by atoms with Gasteiger partial charge in [0.15, 0.2) is 0 Å². The molecule has 1 aromatic rings. The Hall–Kier alpha value is -1.59. The molecule has 0 aromatic heterocycles. The number of aliphatic hydroxyl groups is 1. The number of hydrogen-bond donors (Lipinski definition) is 2. The molecule has 5 heteroatoms. The van der Waals surface area contributed by atoms with Crippen LogP contribution < -0.4 is 4.74 Å². The molecule has 0 aliphatic rings. The number of ether oxygens (including phenoxy) is 2. The Morgan fingerprint density at radius 1 is 1.35 bits per heavy atom. The number of carbonyl (C=O) groups is 1. The van der Waals surface area contributed by atoms with E-state index < -0.39 is 5.97 Å². The molecule has 0 saturated carbocycles. The summed E-state index contributed by atoms with van der Waals surface area (Å²) in [5.41, 5.74) is 0.718. The van der Waals surface area contributed by atoms with Gasteiger partial charge in [0.1, 0.15) is 18.5 Å². The van der Waals surface area contributed by atoms with Gasteiger partial charge in [-0.2, -0.15) is 0 Å². The number of benzene rings is 1. The van der Waals surface area contributed by atoms with Crippen LogP contribution in [0.1, 0.15) is 5.56 Å². The van der Waals surface area contributed by atoms with E-state index in [0.29, 0.717) is 5.75 Å². The predicted octanol–water partition coefficient (Wildman–Crippen LogP) is 0.700. The minimum atomic E-state index is -0.863. The van der Waals surface area contributed by atoms with Gasteiger partial charge in [0.2, 0.25) is 0 Å². The highest BCUT2D eigenvalue weighted by Crippen LogP contribution is 2.13. The van der Waals surface area contributed by atoms with Crippen molar-refractivity contribution in [2.75, 3.05) is 20.3 Å². The van der Waals surface area contributed by atoms with Gasteiger partial charge in [0.25, 0.3) is 0 Å². The fraction of sp³-hybridized carbons (Fsp3) is 0.417. The molecule has 0 aliphatic carbocycles. The van der Waals surface area contributed by atoms with E-state index in [2.05, 4.69) is 0 Å². The second-order valence-corrected chi connectivity index (χ2v) is 3.57. The van der Waals surface area contributed by atoms with E-state index in [1.807, 2.05) is 0 Å². The fourth-order valence-electron chi connectivity index (χ4n) is 1.26. The van der Waals surface area contributed by atoms with Crippen LogP contribution in [0.2, 0.25) is 0 Å². The number of rotatable bonds is 7. The van der Waals surface area contributed by atoms with Crippen LogP contribution in [0.5, 0.6) is 5.75 Å². The molecule has 1 aromatic carbocycles. The first-order valence-corrected chi connectivity index (χ1v) is 5.23. The van der Waals surface area contributed by atoms with Crippen molar-refractivity contribution in [1.29, 1.82) is 0 Å². The number of hydrogen-bond acceptors (Lipinski definition) is 4. The summed E-state index contributed by atoms with van der Waals surface area (Å²) in [4.78, 5) is 10.5. The molecule has 2 N–H and O–H groups in total. The SMILES string of the molecule is COC(CO)COc1ccc(CC(=O)O)cc1. The minimum Gasteiger partial charge on any atom is -0.491 e. The summed E-state index contributed by atoms with van der Waals surface area (Å²) < 4.78 is 10.3. The summed E-state index contributed by atoms with van der Waals surface area (Å²) in [6, 6.07) is 6.79. The summed E-state index contributed by atoms with van der Waals surface area (Å²) in [6.45, 7) is 0.152. The number of aliphatic hydroxyl groups excluding tert-OH is 1. The minimum absolute atomic E-state index is 0.00236. The summed E-state index contributed by atoms with van der Waals surface area (Å²) in [6.07, 6.45) is -0.355. The predicted molar refractivity (Wildman–Crippen MR) is 61.2 cm³/mol.